The first-order valence-electron chi connectivity index (χ1n) is 3.73. The summed E-state index contributed by atoms with van der Waals surface area (Å²) in [6, 6.07) is 7.29. The maximum atomic E-state index is 11.3. The van der Waals surface area contributed by atoms with Gasteiger partial charge >= 0.3 is 29.6 Å². The Bertz CT molecular complexity index is 483. The van der Waals surface area contributed by atoms with E-state index in [0.717, 1.165) is 5.52 Å². The van der Waals surface area contributed by atoms with Gasteiger partial charge in [-0.15, -0.1) is 0 Å². The fourth-order valence-corrected chi connectivity index (χ4v) is 1.20. The number of para-hydroxylation sites is 1. The third kappa shape index (κ3) is 1.99. The van der Waals surface area contributed by atoms with E-state index in [0.29, 0.717) is 11.2 Å². The molecule has 4 heteroatoms. The van der Waals surface area contributed by atoms with E-state index >= 15 is 0 Å². The Morgan fingerprint density at radius 2 is 2.08 bits per heavy atom. The standard InChI is InChI=1S/C9H8N2O.Na.H/c1-6-10-8-5-3-2-4-7(8)9(12)11-6;;/h2-5H,1H3,(H,10,11,12);;/q;+1;-1. The molecule has 0 aliphatic rings. The van der Waals surface area contributed by atoms with Crippen molar-refractivity contribution in [3.63, 3.8) is 0 Å². The van der Waals surface area contributed by atoms with Crippen molar-refractivity contribution in [3.8, 4) is 0 Å². The molecule has 0 saturated carbocycles. The van der Waals surface area contributed by atoms with Gasteiger partial charge in [-0.2, -0.15) is 0 Å². The number of rotatable bonds is 0. The van der Waals surface area contributed by atoms with Gasteiger partial charge in [0.25, 0.3) is 5.56 Å². The number of hydrogen-bond donors (Lipinski definition) is 1. The Labute approximate surface area is 99.0 Å². The van der Waals surface area contributed by atoms with Crippen LogP contribution < -0.4 is 35.1 Å². The van der Waals surface area contributed by atoms with Crippen molar-refractivity contribution in [2.75, 3.05) is 0 Å². The first-order valence-corrected chi connectivity index (χ1v) is 3.73. The summed E-state index contributed by atoms with van der Waals surface area (Å²) in [5.74, 6) is 0.652. The summed E-state index contributed by atoms with van der Waals surface area (Å²) in [5, 5.41) is 0.642. The van der Waals surface area contributed by atoms with Crippen LogP contribution in [0.5, 0.6) is 0 Å². The summed E-state index contributed by atoms with van der Waals surface area (Å²) in [6.45, 7) is 1.77. The normalized spacial score (nSPS) is 9.62. The van der Waals surface area contributed by atoms with Crippen molar-refractivity contribution >= 4 is 10.9 Å². The third-order valence-corrected chi connectivity index (χ3v) is 1.73. The number of hydrogen-bond acceptors (Lipinski definition) is 2. The van der Waals surface area contributed by atoms with Crippen LogP contribution >= 0.6 is 0 Å². The van der Waals surface area contributed by atoms with Crippen LogP contribution in [0.1, 0.15) is 7.25 Å². The van der Waals surface area contributed by atoms with Gasteiger partial charge in [0.05, 0.1) is 10.9 Å². The van der Waals surface area contributed by atoms with Crippen molar-refractivity contribution in [2.24, 2.45) is 0 Å². The fourth-order valence-electron chi connectivity index (χ4n) is 1.20. The predicted molar refractivity (Wildman–Crippen MR) is 48.2 cm³/mol. The number of aromatic amines is 1. The van der Waals surface area contributed by atoms with E-state index in [4.69, 9.17) is 0 Å². The molecule has 0 atom stereocenters. The first kappa shape index (κ1) is 10.4. The van der Waals surface area contributed by atoms with Gasteiger partial charge in [0.1, 0.15) is 5.82 Å². The summed E-state index contributed by atoms with van der Waals surface area (Å²) in [5.41, 5.74) is 0.678. The van der Waals surface area contributed by atoms with Gasteiger partial charge in [0.2, 0.25) is 0 Å². The molecule has 0 spiro atoms. The van der Waals surface area contributed by atoms with Crippen LogP contribution in [-0.2, 0) is 0 Å². The molecule has 3 nitrogen and oxygen atoms in total. The molecule has 1 aromatic heterocycles. The molecule has 0 aliphatic heterocycles. The maximum Gasteiger partial charge on any atom is 1.00 e. The van der Waals surface area contributed by atoms with E-state index < -0.39 is 0 Å². The monoisotopic (exact) mass is 184 g/mol. The van der Waals surface area contributed by atoms with Crippen molar-refractivity contribution in [1.82, 2.24) is 9.97 Å². The van der Waals surface area contributed by atoms with Gasteiger partial charge < -0.3 is 6.41 Å². The van der Waals surface area contributed by atoms with Crippen molar-refractivity contribution < 1.29 is 31.0 Å². The number of aryl methyl sites for hydroxylation is 1. The summed E-state index contributed by atoms with van der Waals surface area (Å²) in [7, 11) is 0. The summed E-state index contributed by atoms with van der Waals surface area (Å²) in [6.07, 6.45) is 0. The van der Waals surface area contributed by atoms with Gasteiger partial charge in [-0.05, 0) is 19.1 Å². The van der Waals surface area contributed by atoms with E-state index in [1.54, 1.807) is 13.0 Å². The second-order valence-electron chi connectivity index (χ2n) is 2.67. The maximum absolute atomic E-state index is 11.3. The van der Waals surface area contributed by atoms with Crippen LogP contribution in [0.25, 0.3) is 10.9 Å². The molecular formula is C9H9N2NaO. The van der Waals surface area contributed by atoms with Gasteiger partial charge in [-0.25, -0.2) is 4.98 Å². The predicted octanol–water partition coefficient (Wildman–Crippen LogP) is -1.65. The fraction of sp³-hybridized carbons (Fsp3) is 0.111. The van der Waals surface area contributed by atoms with Crippen LogP contribution in [0.3, 0.4) is 0 Å². The number of nitrogens with zero attached hydrogens (tertiary/aromatic N) is 1. The molecule has 0 unspecified atom stereocenters. The molecule has 62 valence electrons. The second-order valence-corrected chi connectivity index (χ2v) is 2.67. The average Bonchev–Trinajstić information content (AvgIpc) is 2.04. The number of fused-ring (bicyclic) bond motifs is 1. The molecule has 1 N–H and O–H groups in total. The Kier molecular flexibility index (Phi) is 3.25. The zero-order valence-electron chi connectivity index (χ0n) is 8.66. The van der Waals surface area contributed by atoms with Crippen LogP contribution in [0, 0.1) is 6.92 Å². The zero-order chi connectivity index (χ0) is 8.55. The Balaban J connectivity index is 0.000000845. The number of aromatic nitrogens is 2. The number of benzene rings is 1. The van der Waals surface area contributed by atoms with Crippen LogP contribution in [0.2, 0.25) is 0 Å². The zero-order valence-corrected chi connectivity index (χ0v) is 9.66. The molecule has 1 aromatic carbocycles. The van der Waals surface area contributed by atoms with Gasteiger partial charge in [-0.1, -0.05) is 12.1 Å². The molecule has 0 fully saturated rings. The van der Waals surface area contributed by atoms with Crippen molar-refractivity contribution in [1.29, 1.82) is 0 Å². The van der Waals surface area contributed by atoms with E-state index in [2.05, 4.69) is 9.97 Å². The molecule has 0 saturated heterocycles. The Hall–Kier alpha value is -0.640. The molecule has 0 amide bonds. The smallest absolute Gasteiger partial charge is 1.00 e. The van der Waals surface area contributed by atoms with Gasteiger partial charge in [-0.3, -0.25) is 4.79 Å². The number of H-pyrrole nitrogens is 1. The summed E-state index contributed by atoms with van der Waals surface area (Å²) >= 11 is 0. The topological polar surface area (TPSA) is 45.8 Å². The minimum atomic E-state index is -0.0712. The van der Waals surface area contributed by atoms with Crippen LogP contribution in [-0.4, -0.2) is 9.97 Å². The van der Waals surface area contributed by atoms with Crippen molar-refractivity contribution in [2.45, 2.75) is 6.92 Å². The van der Waals surface area contributed by atoms with E-state index in [-0.39, 0.29) is 36.5 Å². The molecule has 0 radical (unpaired) electrons. The molecule has 2 rings (SSSR count). The summed E-state index contributed by atoms with van der Waals surface area (Å²) in [4.78, 5) is 18.1. The van der Waals surface area contributed by atoms with E-state index in [1.807, 2.05) is 18.2 Å². The average molecular weight is 184 g/mol. The molecule has 0 aliphatic carbocycles. The minimum absolute atomic E-state index is 0. The van der Waals surface area contributed by atoms with Crippen molar-refractivity contribution in [3.05, 3.63) is 40.4 Å². The Morgan fingerprint density at radius 3 is 2.85 bits per heavy atom. The molecule has 13 heavy (non-hydrogen) atoms. The third-order valence-electron chi connectivity index (χ3n) is 1.73. The largest absolute Gasteiger partial charge is 1.00 e. The second kappa shape index (κ2) is 4.05. The quantitative estimate of drug-likeness (QED) is 0.498. The molecular weight excluding hydrogens is 175 g/mol. The molecule has 1 heterocycles. The SMILES string of the molecule is Cc1nc2ccccc2c(=O)[nH]1.[H-].[Na+]. The van der Waals surface area contributed by atoms with Gasteiger partial charge in [0.15, 0.2) is 0 Å². The van der Waals surface area contributed by atoms with Crippen LogP contribution in [0.4, 0.5) is 0 Å². The molecule has 2 aromatic rings. The minimum Gasteiger partial charge on any atom is -1.00 e. The number of nitrogens with one attached hydrogen (secondary N) is 1. The van der Waals surface area contributed by atoms with Crippen LogP contribution in [0.15, 0.2) is 29.1 Å². The Morgan fingerprint density at radius 1 is 1.38 bits per heavy atom. The van der Waals surface area contributed by atoms with Gasteiger partial charge in [0, 0.05) is 0 Å². The molecule has 0 bridgehead atoms. The summed E-state index contributed by atoms with van der Waals surface area (Å²) < 4.78 is 0. The van der Waals surface area contributed by atoms with E-state index in [9.17, 15) is 4.79 Å². The van der Waals surface area contributed by atoms with E-state index in [1.165, 1.54) is 0 Å². The first-order chi connectivity index (χ1) is 5.77.